The lowest BCUT2D eigenvalue weighted by Gasteiger charge is -2.16. The van der Waals surface area contributed by atoms with Gasteiger partial charge in [-0.2, -0.15) is 0 Å². The minimum atomic E-state index is -1.27. The average Bonchev–Trinajstić information content (AvgIpc) is 1.64. The van der Waals surface area contributed by atoms with Gasteiger partial charge in [0.25, 0.3) is 0 Å². The van der Waals surface area contributed by atoms with Gasteiger partial charge >= 0.3 is 5.97 Å². The van der Waals surface area contributed by atoms with Crippen molar-refractivity contribution in [1.29, 1.82) is 0 Å². The number of carboxylic acid groups (broad SMARTS) is 1. The second-order valence-electron chi connectivity index (χ2n) is 21.4. The fourth-order valence-electron chi connectivity index (χ4n) is 8.65. The molecule has 16 nitrogen and oxygen atoms in total. The zero-order chi connectivity index (χ0) is 63.9. The van der Waals surface area contributed by atoms with Gasteiger partial charge in [0.2, 0.25) is 29.5 Å². The number of allylic oxidation sites excluding steroid dienone is 4. The number of halogens is 4. The van der Waals surface area contributed by atoms with Crippen LogP contribution >= 0.6 is 12.4 Å². The van der Waals surface area contributed by atoms with E-state index in [9.17, 15) is 47.0 Å². The molecule has 20 heteroatoms. The Balaban J connectivity index is 0.000000172. The molecule has 0 spiro atoms. The number of aliphatic carboxylic acids is 1. The normalized spacial score (nSPS) is 14.1. The van der Waals surface area contributed by atoms with Gasteiger partial charge in [0, 0.05) is 34.1 Å². The van der Waals surface area contributed by atoms with Crippen molar-refractivity contribution in [3.63, 3.8) is 0 Å². The van der Waals surface area contributed by atoms with Crippen LogP contribution < -0.4 is 41.8 Å². The van der Waals surface area contributed by atoms with Gasteiger partial charge in [-0.1, -0.05) is 85.0 Å². The van der Waals surface area contributed by atoms with Gasteiger partial charge in [-0.15, -0.1) is 12.4 Å². The van der Waals surface area contributed by atoms with E-state index in [1.807, 2.05) is 84.9 Å². The predicted octanol–water partition coefficient (Wildman–Crippen LogP) is 14.4. The Morgan fingerprint density at radius 3 is 0.923 bits per heavy atom. The second-order valence-corrected chi connectivity index (χ2v) is 21.4. The van der Waals surface area contributed by atoms with Gasteiger partial charge < -0.3 is 52.0 Å². The quantitative estimate of drug-likeness (QED) is 0.0184. The van der Waals surface area contributed by atoms with Crippen molar-refractivity contribution in [3.8, 4) is 17.2 Å². The molecule has 12 rings (SSSR count). The maximum Gasteiger partial charge on any atom is 0.319 e. The smallest absolute Gasteiger partial charge is 0.319 e. The number of ether oxygens (including phenoxy) is 2. The number of carboxylic acids is 1. The van der Waals surface area contributed by atoms with Crippen molar-refractivity contribution in [1.82, 2.24) is 0 Å². The predicted molar refractivity (Wildman–Crippen MR) is 347 cm³/mol. The van der Waals surface area contributed by atoms with Crippen LogP contribution in [0.25, 0.3) is 0 Å². The summed E-state index contributed by atoms with van der Waals surface area (Å²) in [7, 11) is 0. The Labute approximate surface area is 530 Å². The molecule has 9 N–H and O–H groups in total. The first kappa shape index (κ1) is 67.8. The first-order valence-electron chi connectivity index (χ1n) is 28.9. The highest BCUT2D eigenvalue weighted by atomic mass is 35.5. The number of hydrogen-bond donors (Lipinski definition) is 8. The number of nitrogens with two attached hydrogens (primary N) is 1. The standard InChI is InChI=1S/C24H21FN2O3.C17H15FN2O3.C13H13NO.C11H10FNO3.C6H8.ClH/c25-18-6-8-19(9-7-18)26-22(28)24(14-15-24)23(29)27-20-10-12-21(13-11-20)30-16-17-4-2-1-3-5-17;18-11-1-3-12(4-2-11)19-15(22)17(9-10-17)16(23)20-13-5-7-14(21)8-6-13;14-12-6-8-13(9-7-12)15-10-11-4-2-1-3-5-11;12-7-1-3-8(4-2-7)13-9(14)11(5-6-11)10(15)16;1-2-4-6-5-3-1;/h1-13H,14-16H2,(H,26,28)(H,27,29);1-8,21H,9-10H2,(H,19,22)(H,20,23);1-9H,10,14H2;1-4H,5-6H2,(H,13,14)(H,15,16);1-2,5-6H,3-4H2;1H. The van der Waals surface area contributed by atoms with Crippen LogP contribution in [-0.4, -0.2) is 45.7 Å². The van der Waals surface area contributed by atoms with E-state index in [1.165, 1.54) is 84.9 Å². The summed E-state index contributed by atoms with van der Waals surface area (Å²) in [5, 5.41) is 31.4. The molecule has 0 bridgehead atoms. The van der Waals surface area contributed by atoms with E-state index in [2.05, 4.69) is 50.9 Å². The van der Waals surface area contributed by atoms with Crippen LogP contribution in [0.5, 0.6) is 17.2 Å². The van der Waals surface area contributed by atoms with Crippen molar-refractivity contribution in [2.75, 3.05) is 32.3 Å². The molecule has 3 fully saturated rings. The summed E-state index contributed by atoms with van der Waals surface area (Å²) in [4.78, 5) is 72.5. The lowest BCUT2D eigenvalue weighted by atomic mass is 10.0. The number of hydrogen-bond acceptors (Lipinski definition) is 10. The third kappa shape index (κ3) is 20.4. The number of phenols is 1. The van der Waals surface area contributed by atoms with Gasteiger partial charge in [-0.3, -0.25) is 28.8 Å². The van der Waals surface area contributed by atoms with Gasteiger partial charge in [0.05, 0.1) is 0 Å². The van der Waals surface area contributed by atoms with Crippen molar-refractivity contribution in [2.24, 2.45) is 16.2 Å². The lowest BCUT2D eigenvalue weighted by Crippen LogP contribution is -2.35. The zero-order valence-corrected chi connectivity index (χ0v) is 50.1. The number of benzene rings is 8. The second kappa shape index (κ2) is 32.5. The molecule has 3 saturated carbocycles. The highest BCUT2D eigenvalue weighted by molar-refractivity contribution is 6.18. The van der Waals surface area contributed by atoms with Crippen LogP contribution in [0.2, 0.25) is 0 Å². The monoisotopic (exact) mass is 1260 g/mol. The molecule has 0 aliphatic heterocycles. The zero-order valence-electron chi connectivity index (χ0n) is 49.3. The molecule has 0 saturated heterocycles. The van der Waals surface area contributed by atoms with Crippen molar-refractivity contribution < 1.29 is 61.6 Å². The summed E-state index contributed by atoms with van der Waals surface area (Å²) in [5.74, 6) is -2.72. The third-order valence-corrected chi connectivity index (χ3v) is 14.6. The molecule has 0 radical (unpaired) electrons. The summed E-state index contributed by atoms with van der Waals surface area (Å²) in [6.45, 7) is 1.05. The Morgan fingerprint density at radius 2 is 0.648 bits per heavy atom. The molecule has 0 heterocycles. The number of phenolic OH excluding ortho intramolecular Hbond substituents is 1. The highest BCUT2D eigenvalue weighted by Gasteiger charge is 2.58. The molecular weight excluding hydrogens is 1190 g/mol. The number of nitrogen functional groups attached to an aromatic ring is 1. The lowest BCUT2D eigenvalue weighted by molar-refractivity contribution is -0.147. The summed E-state index contributed by atoms with van der Waals surface area (Å²) in [5.41, 5.74) is 7.52. The van der Waals surface area contributed by atoms with Crippen molar-refractivity contribution in [3.05, 3.63) is 259 Å². The van der Waals surface area contributed by atoms with E-state index in [1.54, 1.807) is 36.4 Å². The number of amides is 5. The maximum absolute atomic E-state index is 13.0. The molecule has 0 atom stereocenters. The van der Waals surface area contributed by atoms with Gasteiger partial charge in [-0.25, -0.2) is 13.2 Å². The number of nitrogens with one attached hydrogen (secondary N) is 5. The molecule has 470 valence electrons. The first-order chi connectivity index (χ1) is 43.4. The van der Waals surface area contributed by atoms with Crippen LogP contribution in [-0.2, 0) is 42.0 Å². The number of carbonyl (C=O) groups is 6. The number of rotatable bonds is 17. The average molecular weight is 1260 g/mol. The SMILES string of the molecule is C1=CCC=CC1.Cl.Nc1ccc(OCc2ccccc2)cc1.O=C(Nc1ccc(F)cc1)C1(C(=O)Nc2ccc(OCc3ccccc3)cc2)CC1.O=C(Nc1ccc(O)cc1)C1(C(=O)Nc2ccc(F)cc2)CC1.O=C(O)C1(C(=O)Nc2ccc(F)cc2)CC1. The molecule has 8 aromatic carbocycles. The first-order valence-corrected chi connectivity index (χ1v) is 28.9. The molecule has 4 aliphatic carbocycles. The molecule has 0 unspecified atom stereocenters. The van der Waals surface area contributed by atoms with Crippen LogP contribution in [0, 0.1) is 33.7 Å². The summed E-state index contributed by atoms with van der Waals surface area (Å²) >= 11 is 0. The molecule has 8 aromatic rings. The summed E-state index contributed by atoms with van der Waals surface area (Å²) in [6.07, 6.45) is 13.6. The molecule has 4 aliphatic rings. The van der Waals surface area contributed by atoms with Crippen molar-refractivity contribution in [2.45, 2.75) is 64.6 Å². The van der Waals surface area contributed by atoms with Gasteiger partial charge in [-0.05, 0) is 208 Å². The Bertz CT molecular complexity index is 3680. The Kier molecular flexibility index (Phi) is 24.3. The van der Waals surface area contributed by atoms with Crippen LogP contribution in [0.4, 0.5) is 47.3 Å². The van der Waals surface area contributed by atoms with E-state index in [0.717, 1.165) is 35.4 Å². The molecular formula is C71H68ClF3N6O10. The maximum atomic E-state index is 13.0. The molecule has 5 amide bonds. The van der Waals surface area contributed by atoms with Crippen molar-refractivity contribution >= 4 is 82.0 Å². The van der Waals surface area contributed by atoms with Crippen LogP contribution in [0.3, 0.4) is 0 Å². The largest absolute Gasteiger partial charge is 0.508 e. The van der Waals surface area contributed by atoms with E-state index in [-0.39, 0.29) is 41.7 Å². The van der Waals surface area contributed by atoms with E-state index >= 15 is 0 Å². The van der Waals surface area contributed by atoms with E-state index in [4.69, 9.17) is 20.3 Å². The fourth-order valence-corrected chi connectivity index (χ4v) is 8.65. The topological polar surface area (TPSA) is 248 Å². The highest BCUT2D eigenvalue weighted by Crippen LogP contribution is 2.49. The van der Waals surface area contributed by atoms with Gasteiger partial charge in [0.1, 0.15) is 64.2 Å². The minimum Gasteiger partial charge on any atom is -0.508 e. The molecule has 91 heavy (non-hydrogen) atoms. The van der Waals surface area contributed by atoms with Crippen LogP contribution in [0.15, 0.2) is 231 Å². The Hall–Kier alpha value is -10.7. The number of aromatic hydroxyl groups is 1. The fraction of sp³-hybridized carbons (Fsp3) is 0.183. The third-order valence-electron chi connectivity index (χ3n) is 14.6. The number of carbonyl (C=O) groups excluding carboxylic acids is 5. The molecule has 0 aromatic heterocycles. The van der Waals surface area contributed by atoms with E-state index < -0.39 is 45.7 Å². The summed E-state index contributed by atoms with van der Waals surface area (Å²) in [6, 6.07) is 56.4. The van der Waals surface area contributed by atoms with E-state index in [0.29, 0.717) is 85.9 Å². The van der Waals surface area contributed by atoms with Gasteiger partial charge in [0.15, 0.2) is 0 Å². The Morgan fingerprint density at radius 1 is 0.385 bits per heavy atom. The minimum absolute atomic E-state index is 0. The number of anilines is 6. The summed E-state index contributed by atoms with van der Waals surface area (Å²) < 4.78 is 49.8. The van der Waals surface area contributed by atoms with Crippen LogP contribution in [0.1, 0.15) is 62.5 Å².